The standard InChI is InChI=1S/C20H21N5O2/c1-13-3-5-15(6-4-13)19(26)22-16-11-17(25(2)12-16)20-23-18(24-27-20)14-7-9-21-10-8-14/h3-10,16-17H,11-12H2,1-2H3,(H,22,26)/t16-,17-/m0/s1. The Morgan fingerprint density at radius 1 is 1.19 bits per heavy atom. The smallest absolute Gasteiger partial charge is 0.251 e. The Balaban J connectivity index is 1.43. The second-order valence-electron chi connectivity index (χ2n) is 6.92. The van der Waals surface area contributed by atoms with Crippen molar-refractivity contribution in [1.29, 1.82) is 0 Å². The van der Waals surface area contributed by atoms with E-state index in [-0.39, 0.29) is 18.0 Å². The molecular formula is C20H21N5O2. The number of carbonyl (C=O) groups is 1. The number of aryl methyl sites for hydroxylation is 1. The zero-order chi connectivity index (χ0) is 18.8. The highest BCUT2D eigenvalue weighted by atomic mass is 16.5. The summed E-state index contributed by atoms with van der Waals surface area (Å²) in [5.41, 5.74) is 2.67. The third-order valence-corrected chi connectivity index (χ3v) is 4.86. The Morgan fingerprint density at radius 2 is 1.93 bits per heavy atom. The first-order valence-electron chi connectivity index (χ1n) is 8.92. The zero-order valence-electron chi connectivity index (χ0n) is 15.3. The Hall–Kier alpha value is -3.06. The highest BCUT2D eigenvalue weighted by molar-refractivity contribution is 5.94. The van der Waals surface area contributed by atoms with Crippen LogP contribution in [0.1, 0.15) is 34.3 Å². The van der Waals surface area contributed by atoms with Gasteiger partial charge in [0.25, 0.3) is 5.91 Å². The molecule has 1 aliphatic rings. The second-order valence-corrected chi connectivity index (χ2v) is 6.92. The van der Waals surface area contributed by atoms with Crippen LogP contribution in [0.2, 0.25) is 0 Å². The normalized spacial score (nSPS) is 19.9. The van der Waals surface area contributed by atoms with Crippen molar-refractivity contribution in [2.24, 2.45) is 0 Å². The molecule has 1 saturated heterocycles. The fraction of sp³-hybridized carbons (Fsp3) is 0.300. The van der Waals surface area contributed by atoms with Crippen molar-refractivity contribution < 1.29 is 9.32 Å². The third-order valence-electron chi connectivity index (χ3n) is 4.86. The Bertz CT molecular complexity index is 923. The van der Waals surface area contributed by atoms with Crippen LogP contribution in [0, 0.1) is 6.92 Å². The minimum atomic E-state index is -0.0583. The van der Waals surface area contributed by atoms with Gasteiger partial charge in [0.1, 0.15) is 0 Å². The molecule has 138 valence electrons. The summed E-state index contributed by atoms with van der Waals surface area (Å²) >= 11 is 0. The van der Waals surface area contributed by atoms with Gasteiger partial charge < -0.3 is 9.84 Å². The molecule has 4 rings (SSSR count). The van der Waals surface area contributed by atoms with Gasteiger partial charge in [-0.3, -0.25) is 14.7 Å². The molecule has 1 aromatic carbocycles. The minimum Gasteiger partial charge on any atom is -0.348 e. The maximum atomic E-state index is 12.5. The molecule has 0 aliphatic carbocycles. The predicted octanol–water partition coefficient (Wildman–Crippen LogP) is 2.62. The molecule has 2 atom stereocenters. The van der Waals surface area contributed by atoms with Crippen molar-refractivity contribution in [1.82, 2.24) is 25.3 Å². The molecule has 0 unspecified atom stereocenters. The van der Waals surface area contributed by atoms with E-state index in [1.165, 1.54) is 0 Å². The number of pyridine rings is 1. The van der Waals surface area contributed by atoms with Gasteiger partial charge in [-0.05, 0) is 44.7 Å². The van der Waals surface area contributed by atoms with Crippen molar-refractivity contribution in [2.45, 2.75) is 25.4 Å². The van der Waals surface area contributed by atoms with Crippen molar-refractivity contribution in [2.75, 3.05) is 13.6 Å². The summed E-state index contributed by atoms with van der Waals surface area (Å²) in [6.45, 7) is 2.73. The highest BCUT2D eigenvalue weighted by Gasteiger charge is 2.35. The van der Waals surface area contributed by atoms with Crippen LogP contribution in [0.3, 0.4) is 0 Å². The first-order chi connectivity index (χ1) is 13.1. The molecule has 0 bridgehead atoms. The molecule has 7 heteroatoms. The summed E-state index contributed by atoms with van der Waals surface area (Å²) < 4.78 is 5.49. The number of benzene rings is 1. The topological polar surface area (TPSA) is 84.2 Å². The summed E-state index contributed by atoms with van der Waals surface area (Å²) in [5, 5.41) is 7.18. The van der Waals surface area contributed by atoms with E-state index in [2.05, 4.69) is 25.3 Å². The number of nitrogens with zero attached hydrogens (tertiary/aromatic N) is 4. The number of aromatic nitrogens is 3. The van der Waals surface area contributed by atoms with Gasteiger partial charge in [-0.2, -0.15) is 4.98 Å². The summed E-state index contributed by atoms with van der Waals surface area (Å²) in [5.74, 6) is 1.06. The van der Waals surface area contributed by atoms with Gasteiger partial charge in [-0.1, -0.05) is 22.9 Å². The first-order valence-corrected chi connectivity index (χ1v) is 8.92. The van der Waals surface area contributed by atoms with Gasteiger partial charge in [0.15, 0.2) is 0 Å². The molecule has 0 saturated carbocycles. The van der Waals surface area contributed by atoms with E-state index in [0.717, 1.165) is 24.1 Å². The van der Waals surface area contributed by atoms with Crippen molar-refractivity contribution in [3.8, 4) is 11.4 Å². The van der Waals surface area contributed by atoms with Crippen LogP contribution in [0.25, 0.3) is 11.4 Å². The van der Waals surface area contributed by atoms with E-state index < -0.39 is 0 Å². The Morgan fingerprint density at radius 3 is 2.67 bits per heavy atom. The number of rotatable bonds is 4. The number of hydrogen-bond donors (Lipinski definition) is 1. The van der Waals surface area contributed by atoms with Gasteiger partial charge >= 0.3 is 0 Å². The average Bonchev–Trinajstić information content (AvgIpc) is 3.29. The Kier molecular flexibility index (Phi) is 4.68. The lowest BCUT2D eigenvalue weighted by Crippen LogP contribution is -2.36. The molecule has 27 heavy (non-hydrogen) atoms. The largest absolute Gasteiger partial charge is 0.348 e. The third kappa shape index (κ3) is 3.73. The lowest BCUT2D eigenvalue weighted by molar-refractivity contribution is 0.0938. The first kappa shape index (κ1) is 17.4. The molecule has 2 aromatic heterocycles. The van der Waals surface area contributed by atoms with Gasteiger partial charge in [0, 0.05) is 36.1 Å². The van der Waals surface area contributed by atoms with Crippen LogP contribution < -0.4 is 5.32 Å². The fourth-order valence-electron chi connectivity index (χ4n) is 3.36. The second kappa shape index (κ2) is 7.28. The summed E-state index contributed by atoms with van der Waals surface area (Å²) in [6, 6.07) is 11.3. The molecule has 3 aromatic rings. The molecular weight excluding hydrogens is 342 g/mol. The zero-order valence-corrected chi connectivity index (χ0v) is 15.3. The van der Waals surface area contributed by atoms with Gasteiger partial charge in [-0.15, -0.1) is 0 Å². The van der Waals surface area contributed by atoms with Gasteiger partial charge in [0.05, 0.1) is 6.04 Å². The summed E-state index contributed by atoms with van der Waals surface area (Å²) in [4.78, 5) is 23.1. The summed E-state index contributed by atoms with van der Waals surface area (Å²) in [7, 11) is 2.00. The molecule has 1 amide bonds. The molecule has 3 heterocycles. The molecule has 0 radical (unpaired) electrons. The summed E-state index contributed by atoms with van der Waals surface area (Å²) in [6.07, 6.45) is 4.12. The van der Waals surface area contributed by atoms with Crippen molar-refractivity contribution in [3.63, 3.8) is 0 Å². The van der Waals surface area contributed by atoms with Crippen LogP contribution in [0.5, 0.6) is 0 Å². The lowest BCUT2D eigenvalue weighted by atomic mass is 10.1. The minimum absolute atomic E-state index is 0.0172. The number of carbonyl (C=O) groups excluding carboxylic acids is 1. The van der Waals surface area contributed by atoms with E-state index in [1.807, 2.05) is 50.4 Å². The van der Waals surface area contributed by atoms with Crippen LogP contribution in [-0.4, -0.2) is 45.6 Å². The van der Waals surface area contributed by atoms with Crippen LogP contribution in [0.4, 0.5) is 0 Å². The number of amides is 1. The molecule has 1 aliphatic heterocycles. The average molecular weight is 363 g/mol. The number of nitrogens with one attached hydrogen (secondary N) is 1. The Labute approximate surface area is 157 Å². The molecule has 0 spiro atoms. The fourth-order valence-corrected chi connectivity index (χ4v) is 3.36. The lowest BCUT2D eigenvalue weighted by Gasteiger charge is -2.14. The monoisotopic (exact) mass is 363 g/mol. The van der Waals surface area contributed by atoms with Gasteiger partial charge in [0.2, 0.25) is 11.7 Å². The van der Waals surface area contributed by atoms with Crippen LogP contribution in [-0.2, 0) is 0 Å². The number of hydrogen-bond acceptors (Lipinski definition) is 6. The molecule has 1 N–H and O–H groups in total. The van der Waals surface area contributed by atoms with E-state index in [0.29, 0.717) is 17.3 Å². The van der Waals surface area contributed by atoms with Crippen molar-refractivity contribution in [3.05, 3.63) is 65.8 Å². The van der Waals surface area contributed by atoms with Crippen LogP contribution >= 0.6 is 0 Å². The van der Waals surface area contributed by atoms with E-state index in [1.54, 1.807) is 12.4 Å². The van der Waals surface area contributed by atoms with Gasteiger partial charge in [-0.25, -0.2) is 0 Å². The van der Waals surface area contributed by atoms with Crippen molar-refractivity contribution >= 4 is 5.91 Å². The number of likely N-dealkylation sites (N-methyl/N-ethyl adjacent to an activating group) is 1. The highest BCUT2D eigenvalue weighted by Crippen LogP contribution is 2.31. The van der Waals surface area contributed by atoms with Crippen LogP contribution in [0.15, 0.2) is 53.3 Å². The molecule has 1 fully saturated rings. The van der Waals surface area contributed by atoms with E-state index in [9.17, 15) is 4.79 Å². The molecule has 7 nitrogen and oxygen atoms in total. The maximum absolute atomic E-state index is 12.5. The maximum Gasteiger partial charge on any atom is 0.251 e. The van der Waals surface area contributed by atoms with E-state index in [4.69, 9.17) is 4.52 Å². The van der Waals surface area contributed by atoms with E-state index >= 15 is 0 Å². The number of likely N-dealkylation sites (tertiary alicyclic amines) is 1. The SMILES string of the molecule is Cc1ccc(C(=O)N[C@H]2C[C@@H](c3nc(-c4ccncc4)no3)N(C)C2)cc1. The predicted molar refractivity (Wildman–Crippen MR) is 100.0 cm³/mol. The quantitative estimate of drug-likeness (QED) is 0.767.